The summed E-state index contributed by atoms with van der Waals surface area (Å²) in [6.45, 7) is 2.11. The molecule has 2 rings (SSSR count). The number of piperidine rings is 1. The maximum Gasteiger partial charge on any atom is 0.239 e. The highest BCUT2D eigenvalue weighted by Crippen LogP contribution is 2.11. The van der Waals surface area contributed by atoms with Crippen LogP contribution in [0.4, 0.5) is 5.82 Å². The molecule has 0 spiro atoms. The SMILES string of the molecule is Cl.Cl.NC1CCCN(CC(=O)Nc2ccc(Br)cn2)C1. The van der Waals surface area contributed by atoms with Crippen LogP contribution in [0.1, 0.15) is 12.8 Å². The maximum absolute atomic E-state index is 11.8. The Labute approximate surface area is 139 Å². The summed E-state index contributed by atoms with van der Waals surface area (Å²) >= 11 is 3.30. The zero-order valence-corrected chi connectivity index (χ0v) is 14.1. The van der Waals surface area contributed by atoms with Crippen LogP contribution in [0, 0.1) is 0 Å². The molecule has 0 aromatic carbocycles. The van der Waals surface area contributed by atoms with Crippen molar-refractivity contribution in [3.63, 3.8) is 0 Å². The molecule has 1 aromatic heterocycles. The van der Waals surface area contributed by atoms with Crippen molar-refractivity contribution in [1.82, 2.24) is 9.88 Å². The van der Waals surface area contributed by atoms with Crippen molar-refractivity contribution >= 4 is 52.5 Å². The molecule has 1 aliphatic rings. The summed E-state index contributed by atoms with van der Waals surface area (Å²) in [4.78, 5) is 18.0. The molecule has 1 aromatic rings. The molecular weight excluding hydrogens is 367 g/mol. The first-order chi connectivity index (χ1) is 8.63. The van der Waals surface area contributed by atoms with Gasteiger partial charge in [0.2, 0.25) is 5.91 Å². The number of nitrogens with two attached hydrogens (primary N) is 1. The molecule has 0 bridgehead atoms. The van der Waals surface area contributed by atoms with Crippen molar-refractivity contribution < 1.29 is 4.79 Å². The third-order valence-corrected chi connectivity index (χ3v) is 3.37. The fourth-order valence-corrected chi connectivity index (χ4v) is 2.30. The molecule has 1 atom stereocenters. The zero-order chi connectivity index (χ0) is 13.0. The summed E-state index contributed by atoms with van der Waals surface area (Å²) in [5.74, 6) is 0.531. The first-order valence-corrected chi connectivity index (χ1v) is 6.82. The van der Waals surface area contributed by atoms with Crippen LogP contribution in [-0.4, -0.2) is 41.5 Å². The summed E-state index contributed by atoms with van der Waals surface area (Å²) in [7, 11) is 0. The lowest BCUT2D eigenvalue weighted by molar-refractivity contribution is -0.117. The summed E-state index contributed by atoms with van der Waals surface area (Å²) in [6, 6.07) is 3.81. The van der Waals surface area contributed by atoms with Gasteiger partial charge in [0.1, 0.15) is 5.82 Å². The van der Waals surface area contributed by atoms with E-state index in [0.29, 0.717) is 12.4 Å². The maximum atomic E-state index is 11.8. The van der Waals surface area contributed by atoms with Crippen LogP contribution in [-0.2, 0) is 4.79 Å². The molecule has 20 heavy (non-hydrogen) atoms. The summed E-state index contributed by atoms with van der Waals surface area (Å²) < 4.78 is 0.891. The number of anilines is 1. The third-order valence-electron chi connectivity index (χ3n) is 2.90. The van der Waals surface area contributed by atoms with Crippen molar-refractivity contribution in [1.29, 1.82) is 0 Å². The molecule has 3 N–H and O–H groups in total. The van der Waals surface area contributed by atoms with Crippen LogP contribution < -0.4 is 11.1 Å². The highest BCUT2D eigenvalue weighted by Gasteiger charge is 2.18. The molecule has 8 heteroatoms. The predicted octanol–water partition coefficient (Wildman–Crippen LogP) is 2.05. The standard InChI is InChI=1S/C12H17BrN4O.2ClH/c13-9-3-4-11(15-6-9)16-12(18)8-17-5-1-2-10(14)7-17;;/h3-4,6,10H,1-2,5,7-8,14H2,(H,15,16,18);2*1H. The van der Waals surface area contributed by atoms with Crippen LogP contribution in [0.2, 0.25) is 0 Å². The third kappa shape index (κ3) is 6.37. The summed E-state index contributed by atoms with van der Waals surface area (Å²) in [5.41, 5.74) is 5.88. The molecule has 1 fully saturated rings. The molecule has 0 aliphatic carbocycles. The smallest absolute Gasteiger partial charge is 0.239 e. The molecule has 1 aliphatic heterocycles. The van der Waals surface area contributed by atoms with Gasteiger partial charge in [-0.25, -0.2) is 4.98 Å². The van der Waals surface area contributed by atoms with E-state index in [9.17, 15) is 4.79 Å². The highest BCUT2D eigenvalue weighted by molar-refractivity contribution is 9.10. The van der Waals surface area contributed by atoms with E-state index in [1.807, 2.05) is 6.07 Å². The van der Waals surface area contributed by atoms with Crippen molar-refractivity contribution in [3.8, 4) is 0 Å². The van der Waals surface area contributed by atoms with E-state index < -0.39 is 0 Å². The average Bonchev–Trinajstić information content (AvgIpc) is 2.32. The molecule has 1 saturated heterocycles. The highest BCUT2D eigenvalue weighted by atomic mass is 79.9. The number of nitrogens with one attached hydrogen (secondary N) is 1. The van der Waals surface area contributed by atoms with E-state index in [4.69, 9.17) is 5.73 Å². The number of halogens is 3. The van der Waals surface area contributed by atoms with Gasteiger partial charge in [0.15, 0.2) is 0 Å². The molecule has 1 unspecified atom stereocenters. The summed E-state index contributed by atoms with van der Waals surface area (Å²) in [6.07, 6.45) is 3.77. The van der Waals surface area contributed by atoms with Gasteiger partial charge in [-0.2, -0.15) is 0 Å². The monoisotopic (exact) mass is 384 g/mol. The van der Waals surface area contributed by atoms with E-state index in [1.54, 1.807) is 12.3 Å². The Hall–Kier alpha value is -0.400. The molecule has 0 saturated carbocycles. The molecule has 114 valence electrons. The minimum atomic E-state index is -0.0427. The van der Waals surface area contributed by atoms with Gasteiger partial charge in [-0.15, -0.1) is 24.8 Å². The van der Waals surface area contributed by atoms with Crippen molar-refractivity contribution in [2.75, 3.05) is 25.0 Å². The molecule has 5 nitrogen and oxygen atoms in total. The molecule has 1 amide bonds. The second-order valence-electron chi connectivity index (χ2n) is 4.55. The van der Waals surface area contributed by atoms with E-state index >= 15 is 0 Å². The Morgan fingerprint density at radius 1 is 1.50 bits per heavy atom. The number of pyridine rings is 1. The van der Waals surface area contributed by atoms with E-state index in [1.165, 1.54) is 0 Å². The van der Waals surface area contributed by atoms with Gasteiger partial charge >= 0.3 is 0 Å². The largest absolute Gasteiger partial charge is 0.327 e. The van der Waals surface area contributed by atoms with Crippen LogP contribution in [0.15, 0.2) is 22.8 Å². The van der Waals surface area contributed by atoms with Crippen molar-refractivity contribution in [2.45, 2.75) is 18.9 Å². The Bertz CT molecular complexity index is 418. The van der Waals surface area contributed by atoms with Gasteiger partial charge in [0.05, 0.1) is 6.54 Å². The number of carbonyl (C=O) groups is 1. The van der Waals surface area contributed by atoms with Gasteiger partial charge in [-0.1, -0.05) is 0 Å². The van der Waals surface area contributed by atoms with Gasteiger partial charge in [0.25, 0.3) is 0 Å². The Kier molecular flexibility index (Phi) is 9.33. The van der Waals surface area contributed by atoms with Gasteiger partial charge < -0.3 is 11.1 Å². The number of rotatable bonds is 3. The number of carbonyl (C=O) groups excluding carboxylic acids is 1. The fourth-order valence-electron chi connectivity index (χ4n) is 2.07. The molecule has 0 radical (unpaired) electrons. The van der Waals surface area contributed by atoms with Crippen LogP contribution in [0.5, 0.6) is 0 Å². The number of amides is 1. The minimum absolute atomic E-state index is 0. The van der Waals surface area contributed by atoms with E-state index in [0.717, 1.165) is 30.4 Å². The zero-order valence-electron chi connectivity index (χ0n) is 10.9. The van der Waals surface area contributed by atoms with E-state index in [2.05, 4.69) is 31.1 Å². The second kappa shape index (κ2) is 9.52. The van der Waals surface area contributed by atoms with Crippen molar-refractivity contribution in [3.05, 3.63) is 22.8 Å². The lowest BCUT2D eigenvalue weighted by Crippen LogP contribution is -2.45. The quantitative estimate of drug-likeness (QED) is 0.835. The normalized spacial score (nSPS) is 18.6. The van der Waals surface area contributed by atoms with Crippen LogP contribution in [0.3, 0.4) is 0 Å². The number of nitrogens with zero attached hydrogens (tertiary/aromatic N) is 2. The topological polar surface area (TPSA) is 71.2 Å². The number of hydrogen-bond donors (Lipinski definition) is 2. The number of likely N-dealkylation sites (tertiary alicyclic amines) is 1. The Morgan fingerprint density at radius 3 is 2.85 bits per heavy atom. The molecule has 2 heterocycles. The average molecular weight is 386 g/mol. The van der Waals surface area contributed by atoms with Crippen LogP contribution in [0.25, 0.3) is 0 Å². The number of aromatic nitrogens is 1. The number of hydrogen-bond acceptors (Lipinski definition) is 4. The molecular formula is C12H19BrCl2N4O. The van der Waals surface area contributed by atoms with E-state index in [-0.39, 0.29) is 36.8 Å². The minimum Gasteiger partial charge on any atom is -0.327 e. The fraction of sp³-hybridized carbons (Fsp3) is 0.500. The second-order valence-corrected chi connectivity index (χ2v) is 5.46. The Morgan fingerprint density at radius 2 is 2.25 bits per heavy atom. The lowest BCUT2D eigenvalue weighted by Gasteiger charge is -2.29. The van der Waals surface area contributed by atoms with Crippen molar-refractivity contribution in [2.24, 2.45) is 5.73 Å². The van der Waals surface area contributed by atoms with Gasteiger partial charge in [0, 0.05) is 23.3 Å². The first-order valence-electron chi connectivity index (χ1n) is 6.03. The lowest BCUT2D eigenvalue weighted by atomic mass is 10.1. The van der Waals surface area contributed by atoms with Crippen LogP contribution >= 0.6 is 40.7 Å². The first kappa shape index (κ1) is 19.6. The Balaban J connectivity index is 0.00000180. The van der Waals surface area contributed by atoms with Gasteiger partial charge in [-0.05, 0) is 47.4 Å². The van der Waals surface area contributed by atoms with Gasteiger partial charge in [-0.3, -0.25) is 9.69 Å². The summed E-state index contributed by atoms with van der Waals surface area (Å²) in [5, 5.41) is 2.78. The predicted molar refractivity (Wildman–Crippen MR) is 88.7 cm³/mol.